The van der Waals surface area contributed by atoms with Gasteiger partial charge in [0.05, 0.1) is 6.20 Å². The largest absolute Gasteiger partial charge is 0.383 e. The molecule has 1 heterocycles. The van der Waals surface area contributed by atoms with Crippen LogP contribution in [0.2, 0.25) is 0 Å². The van der Waals surface area contributed by atoms with Crippen LogP contribution < -0.4 is 11.1 Å². The Morgan fingerprint density at radius 1 is 1.92 bits per heavy atom. The molecule has 0 fully saturated rings. The van der Waals surface area contributed by atoms with Crippen molar-refractivity contribution in [2.75, 3.05) is 12.3 Å². The molecule has 0 aliphatic rings. The van der Waals surface area contributed by atoms with Crippen molar-refractivity contribution in [3.05, 3.63) is 24.4 Å². The van der Waals surface area contributed by atoms with Crippen molar-refractivity contribution in [1.29, 1.82) is 0 Å². The number of aromatic nitrogens is 2. The molecule has 0 radical (unpaired) electrons. The molecule has 0 aliphatic heterocycles. The van der Waals surface area contributed by atoms with Gasteiger partial charge in [0.2, 0.25) is 0 Å². The number of nitrogens with zero attached hydrogens (tertiary/aromatic N) is 2. The Morgan fingerprint density at radius 3 is 3.08 bits per heavy atom. The Labute approximate surface area is 76.2 Å². The van der Waals surface area contributed by atoms with E-state index in [0.717, 1.165) is 0 Å². The lowest BCUT2D eigenvalue weighted by Crippen LogP contribution is -2.23. The average Bonchev–Trinajstić information content (AvgIpc) is 2.44. The van der Waals surface area contributed by atoms with Gasteiger partial charge in [0.15, 0.2) is 0 Å². The summed E-state index contributed by atoms with van der Waals surface area (Å²) in [4.78, 5) is 11.3. The number of aryl methyl sites for hydroxylation is 1. The summed E-state index contributed by atoms with van der Waals surface area (Å²) >= 11 is 0. The predicted molar refractivity (Wildman–Crippen MR) is 50.2 cm³/mol. The van der Waals surface area contributed by atoms with Crippen LogP contribution in [0.25, 0.3) is 0 Å². The standard InChI is InChI=1S/C8H12N4O/c1-3-4-10-8(13)6-5-11-12(2)7(6)9/h3,5H,1,4,9H2,2H3,(H,10,13). The summed E-state index contributed by atoms with van der Waals surface area (Å²) in [5, 5.41) is 6.46. The number of anilines is 1. The highest BCUT2D eigenvalue weighted by atomic mass is 16.1. The van der Waals surface area contributed by atoms with Crippen LogP contribution >= 0.6 is 0 Å². The number of hydrogen-bond donors (Lipinski definition) is 2. The first-order valence-electron chi connectivity index (χ1n) is 3.83. The first kappa shape index (κ1) is 9.31. The smallest absolute Gasteiger partial charge is 0.256 e. The van der Waals surface area contributed by atoms with Crippen molar-refractivity contribution >= 4 is 11.7 Å². The first-order chi connectivity index (χ1) is 6.16. The summed E-state index contributed by atoms with van der Waals surface area (Å²) in [7, 11) is 1.68. The fourth-order valence-electron chi connectivity index (χ4n) is 0.882. The molecule has 1 amide bonds. The van der Waals surface area contributed by atoms with Crippen LogP contribution in [0.3, 0.4) is 0 Å². The SMILES string of the molecule is C=CCNC(=O)c1cnn(C)c1N. The van der Waals surface area contributed by atoms with Crippen LogP contribution in [-0.4, -0.2) is 22.2 Å². The van der Waals surface area contributed by atoms with Gasteiger partial charge >= 0.3 is 0 Å². The maximum Gasteiger partial charge on any atom is 0.256 e. The maximum atomic E-state index is 11.3. The number of amides is 1. The molecule has 3 N–H and O–H groups in total. The second-order valence-corrected chi connectivity index (χ2v) is 2.57. The van der Waals surface area contributed by atoms with Gasteiger partial charge in [0, 0.05) is 13.6 Å². The predicted octanol–water partition coefficient (Wildman–Crippen LogP) is -0.0819. The summed E-state index contributed by atoms with van der Waals surface area (Å²) in [6.45, 7) is 3.91. The summed E-state index contributed by atoms with van der Waals surface area (Å²) in [5.41, 5.74) is 5.98. The zero-order valence-electron chi connectivity index (χ0n) is 7.45. The van der Waals surface area contributed by atoms with Gasteiger partial charge in [-0.15, -0.1) is 6.58 Å². The average molecular weight is 180 g/mol. The van der Waals surface area contributed by atoms with Gasteiger partial charge in [0.1, 0.15) is 11.4 Å². The van der Waals surface area contributed by atoms with E-state index in [1.807, 2.05) is 0 Å². The fraction of sp³-hybridized carbons (Fsp3) is 0.250. The Balaban J connectivity index is 2.77. The zero-order valence-corrected chi connectivity index (χ0v) is 7.45. The third-order valence-corrected chi connectivity index (χ3v) is 1.64. The van der Waals surface area contributed by atoms with Crippen LogP contribution in [0.5, 0.6) is 0 Å². The maximum absolute atomic E-state index is 11.3. The second-order valence-electron chi connectivity index (χ2n) is 2.57. The van der Waals surface area contributed by atoms with Crippen LogP contribution in [0.4, 0.5) is 5.82 Å². The molecule has 1 aromatic heterocycles. The van der Waals surface area contributed by atoms with Crippen LogP contribution in [0, 0.1) is 0 Å². The lowest BCUT2D eigenvalue weighted by atomic mass is 10.3. The number of carbonyl (C=O) groups excluding carboxylic acids is 1. The van der Waals surface area contributed by atoms with E-state index in [1.54, 1.807) is 13.1 Å². The van der Waals surface area contributed by atoms with Crippen LogP contribution in [0.1, 0.15) is 10.4 Å². The Hall–Kier alpha value is -1.78. The van der Waals surface area contributed by atoms with E-state index in [1.165, 1.54) is 10.9 Å². The van der Waals surface area contributed by atoms with Crippen molar-refractivity contribution in [3.8, 4) is 0 Å². The molecule has 0 bridgehead atoms. The molecule has 5 heteroatoms. The van der Waals surface area contributed by atoms with E-state index in [-0.39, 0.29) is 5.91 Å². The highest BCUT2D eigenvalue weighted by Gasteiger charge is 2.11. The first-order valence-corrected chi connectivity index (χ1v) is 3.83. The van der Waals surface area contributed by atoms with E-state index < -0.39 is 0 Å². The number of nitrogens with two attached hydrogens (primary N) is 1. The van der Waals surface area contributed by atoms with Gasteiger partial charge in [-0.3, -0.25) is 9.48 Å². The molecule has 1 aromatic rings. The monoisotopic (exact) mass is 180 g/mol. The van der Waals surface area contributed by atoms with E-state index in [9.17, 15) is 4.79 Å². The van der Waals surface area contributed by atoms with Crippen molar-refractivity contribution in [2.45, 2.75) is 0 Å². The van der Waals surface area contributed by atoms with E-state index in [4.69, 9.17) is 5.73 Å². The number of hydrogen-bond acceptors (Lipinski definition) is 3. The Kier molecular flexibility index (Phi) is 2.69. The Bertz CT molecular complexity index is 329. The van der Waals surface area contributed by atoms with E-state index >= 15 is 0 Å². The highest BCUT2D eigenvalue weighted by molar-refractivity contribution is 5.98. The molecule has 13 heavy (non-hydrogen) atoms. The molecule has 0 atom stereocenters. The Morgan fingerprint density at radius 2 is 2.62 bits per heavy atom. The van der Waals surface area contributed by atoms with Crippen LogP contribution in [-0.2, 0) is 7.05 Å². The molecule has 70 valence electrons. The highest BCUT2D eigenvalue weighted by Crippen LogP contribution is 2.08. The van der Waals surface area contributed by atoms with Crippen molar-refractivity contribution in [3.63, 3.8) is 0 Å². The van der Waals surface area contributed by atoms with E-state index in [2.05, 4.69) is 17.0 Å². The fourth-order valence-corrected chi connectivity index (χ4v) is 0.882. The van der Waals surface area contributed by atoms with Gasteiger partial charge in [-0.05, 0) is 0 Å². The molecule has 0 spiro atoms. The van der Waals surface area contributed by atoms with Gasteiger partial charge in [0.25, 0.3) is 5.91 Å². The third kappa shape index (κ3) is 1.87. The summed E-state index contributed by atoms with van der Waals surface area (Å²) in [5.74, 6) is 0.132. The number of nitrogens with one attached hydrogen (secondary N) is 1. The van der Waals surface area contributed by atoms with Gasteiger partial charge in [-0.2, -0.15) is 5.10 Å². The molecule has 0 unspecified atom stereocenters. The van der Waals surface area contributed by atoms with Crippen molar-refractivity contribution < 1.29 is 4.79 Å². The summed E-state index contributed by atoms with van der Waals surface area (Å²) in [6, 6.07) is 0. The molecule has 0 aliphatic carbocycles. The minimum absolute atomic E-state index is 0.231. The number of nitrogen functional groups attached to an aromatic ring is 1. The molecular weight excluding hydrogens is 168 g/mol. The number of rotatable bonds is 3. The lowest BCUT2D eigenvalue weighted by Gasteiger charge is -2.00. The van der Waals surface area contributed by atoms with Crippen molar-refractivity contribution in [1.82, 2.24) is 15.1 Å². The zero-order chi connectivity index (χ0) is 9.84. The third-order valence-electron chi connectivity index (χ3n) is 1.64. The topological polar surface area (TPSA) is 72.9 Å². The minimum Gasteiger partial charge on any atom is -0.383 e. The second kappa shape index (κ2) is 3.75. The normalized spacial score (nSPS) is 9.62. The summed E-state index contributed by atoms with van der Waals surface area (Å²) < 4.78 is 1.45. The molecule has 0 saturated carbocycles. The van der Waals surface area contributed by atoms with Gasteiger partial charge in [-0.1, -0.05) is 6.08 Å². The molecular formula is C8H12N4O. The van der Waals surface area contributed by atoms with Crippen LogP contribution in [0.15, 0.2) is 18.9 Å². The molecule has 1 rings (SSSR count). The van der Waals surface area contributed by atoms with Gasteiger partial charge in [-0.25, -0.2) is 0 Å². The van der Waals surface area contributed by atoms with E-state index in [0.29, 0.717) is 17.9 Å². The minimum atomic E-state index is -0.231. The number of carbonyl (C=O) groups is 1. The summed E-state index contributed by atoms with van der Waals surface area (Å²) in [6.07, 6.45) is 3.04. The quantitative estimate of drug-likeness (QED) is 0.639. The lowest BCUT2D eigenvalue weighted by molar-refractivity contribution is 0.0959. The molecule has 0 aromatic carbocycles. The van der Waals surface area contributed by atoms with Gasteiger partial charge < -0.3 is 11.1 Å². The van der Waals surface area contributed by atoms with Crippen molar-refractivity contribution in [2.24, 2.45) is 7.05 Å². The molecule has 5 nitrogen and oxygen atoms in total. The molecule has 0 saturated heterocycles.